The standard InChI is InChI=1S/C17H22N6O/c1-6-13-12-9-14(19-11(3)16(12)21-20-13)15-10(2)22-23(5)17(15)24-8-7-18-4/h6,9,18H,1,7-8H2,2-5H3,(H,20,21). The van der Waals surface area contributed by atoms with E-state index in [0.717, 1.165) is 51.7 Å². The second-order valence-electron chi connectivity index (χ2n) is 5.67. The summed E-state index contributed by atoms with van der Waals surface area (Å²) in [5.41, 5.74) is 5.22. The Morgan fingerprint density at radius 2 is 2.17 bits per heavy atom. The summed E-state index contributed by atoms with van der Waals surface area (Å²) in [5.74, 6) is 0.720. The number of aryl methyl sites for hydroxylation is 3. The monoisotopic (exact) mass is 326 g/mol. The molecule has 0 radical (unpaired) electrons. The van der Waals surface area contributed by atoms with Crippen LogP contribution in [0, 0.1) is 13.8 Å². The van der Waals surface area contributed by atoms with E-state index in [2.05, 4.69) is 27.2 Å². The summed E-state index contributed by atoms with van der Waals surface area (Å²) in [7, 11) is 3.77. The number of fused-ring (bicyclic) bond motifs is 1. The van der Waals surface area contributed by atoms with Gasteiger partial charge in [-0.05, 0) is 33.0 Å². The molecule has 24 heavy (non-hydrogen) atoms. The van der Waals surface area contributed by atoms with E-state index in [1.54, 1.807) is 10.8 Å². The fourth-order valence-electron chi connectivity index (χ4n) is 2.82. The van der Waals surface area contributed by atoms with Gasteiger partial charge in [0, 0.05) is 19.0 Å². The van der Waals surface area contributed by atoms with Gasteiger partial charge >= 0.3 is 0 Å². The summed E-state index contributed by atoms with van der Waals surface area (Å²) < 4.78 is 7.68. The number of aromatic amines is 1. The first-order valence-corrected chi connectivity index (χ1v) is 7.86. The Hall–Kier alpha value is -2.67. The summed E-state index contributed by atoms with van der Waals surface area (Å²) in [6.45, 7) is 9.07. The minimum atomic E-state index is 0.563. The second kappa shape index (κ2) is 6.45. The predicted octanol–water partition coefficient (Wildman–Crippen LogP) is 2.22. The zero-order valence-electron chi connectivity index (χ0n) is 14.5. The molecule has 3 aromatic heterocycles. The molecule has 0 saturated heterocycles. The molecule has 2 N–H and O–H groups in total. The maximum absolute atomic E-state index is 5.93. The molecule has 7 heteroatoms. The zero-order valence-corrected chi connectivity index (χ0v) is 14.5. The molecule has 7 nitrogen and oxygen atoms in total. The Kier molecular flexibility index (Phi) is 4.35. The van der Waals surface area contributed by atoms with Crippen molar-refractivity contribution in [3.63, 3.8) is 0 Å². The van der Waals surface area contributed by atoms with Crippen molar-refractivity contribution in [2.24, 2.45) is 7.05 Å². The molecule has 0 aliphatic carbocycles. The van der Waals surface area contributed by atoms with Crippen LogP contribution in [0.15, 0.2) is 12.6 Å². The average molecular weight is 326 g/mol. The van der Waals surface area contributed by atoms with Crippen LogP contribution in [0.1, 0.15) is 17.1 Å². The van der Waals surface area contributed by atoms with Crippen LogP contribution < -0.4 is 10.1 Å². The van der Waals surface area contributed by atoms with Crippen LogP contribution in [0.4, 0.5) is 0 Å². The Balaban J connectivity index is 2.14. The van der Waals surface area contributed by atoms with Crippen LogP contribution in [0.5, 0.6) is 5.88 Å². The molecule has 3 aromatic rings. The van der Waals surface area contributed by atoms with Gasteiger partial charge in [-0.1, -0.05) is 6.58 Å². The summed E-state index contributed by atoms with van der Waals surface area (Å²) in [5, 5.41) is 15.9. The van der Waals surface area contributed by atoms with E-state index in [4.69, 9.17) is 9.72 Å². The van der Waals surface area contributed by atoms with E-state index >= 15 is 0 Å². The molecular formula is C17H22N6O. The fourth-order valence-corrected chi connectivity index (χ4v) is 2.82. The molecule has 0 spiro atoms. The Morgan fingerprint density at radius 1 is 1.38 bits per heavy atom. The first-order valence-electron chi connectivity index (χ1n) is 7.86. The van der Waals surface area contributed by atoms with Gasteiger partial charge in [0.1, 0.15) is 12.1 Å². The lowest BCUT2D eigenvalue weighted by molar-refractivity contribution is 0.292. The normalized spacial score (nSPS) is 11.2. The lowest BCUT2D eigenvalue weighted by atomic mass is 10.1. The number of nitrogens with one attached hydrogen (secondary N) is 2. The summed E-state index contributed by atoms with van der Waals surface area (Å²) in [4.78, 5) is 4.72. The third kappa shape index (κ3) is 2.67. The van der Waals surface area contributed by atoms with Crippen molar-refractivity contribution >= 4 is 17.0 Å². The molecular weight excluding hydrogens is 304 g/mol. The number of hydrogen-bond donors (Lipinski definition) is 2. The van der Waals surface area contributed by atoms with Crippen LogP contribution in [0.3, 0.4) is 0 Å². The van der Waals surface area contributed by atoms with Gasteiger partial charge in [-0.3, -0.25) is 10.1 Å². The highest BCUT2D eigenvalue weighted by Crippen LogP contribution is 2.34. The number of pyridine rings is 1. The van der Waals surface area contributed by atoms with Gasteiger partial charge in [-0.2, -0.15) is 10.2 Å². The van der Waals surface area contributed by atoms with Crippen molar-refractivity contribution in [3.8, 4) is 17.1 Å². The van der Waals surface area contributed by atoms with Crippen LogP contribution in [0.25, 0.3) is 28.2 Å². The molecule has 0 unspecified atom stereocenters. The average Bonchev–Trinajstić information content (AvgIpc) is 3.08. The highest BCUT2D eigenvalue weighted by molar-refractivity contribution is 5.91. The number of rotatable bonds is 6. The predicted molar refractivity (Wildman–Crippen MR) is 95.1 cm³/mol. The van der Waals surface area contributed by atoms with Crippen molar-refractivity contribution < 1.29 is 4.74 Å². The molecule has 0 aliphatic rings. The van der Waals surface area contributed by atoms with Crippen molar-refractivity contribution in [2.75, 3.05) is 20.2 Å². The van der Waals surface area contributed by atoms with E-state index < -0.39 is 0 Å². The number of likely N-dealkylation sites (N-methyl/N-ethyl adjacent to an activating group) is 1. The van der Waals surface area contributed by atoms with E-state index in [0.29, 0.717) is 6.61 Å². The van der Waals surface area contributed by atoms with Crippen LogP contribution in [0.2, 0.25) is 0 Å². The number of aromatic nitrogens is 5. The van der Waals surface area contributed by atoms with Gasteiger partial charge in [-0.25, -0.2) is 4.68 Å². The first kappa shape index (κ1) is 16.2. The molecule has 0 fully saturated rings. The van der Waals surface area contributed by atoms with Crippen LogP contribution >= 0.6 is 0 Å². The third-order valence-electron chi connectivity index (χ3n) is 3.97. The lowest BCUT2D eigenvalue weighted by Crippen LogP contribution is -2.17. The number of H-pyrrole nitrogens is 1. The largest absolute Gasteiger partial charge is 0.476 e. The van der Waals surface area contributed by atoms with Crippen molar-refractivity contribution in [2.45, 2.75) is 13.8 Å². The molecule has 0 amide bonds. The van der Waals surface area contributed by atoms with E-state index in [9.17, 15) is 0 Å². The highest BCUT2D eigenvalue weighted by atomic mass is 16.5. The fraction of sp³-hybridized carbons (Fsp3) is 0.353. The summed E-state index contributed by atoms with van der Waals surface area (Å²) in [6, 6.07) is 2.01. The van der Waals surface area contributed by atoms with E-state index in [1.807, 2.05) is 34.0 Å². The van der Waals surface area contributed by atoms with Gasteiger partial charge in [0.2, 0.25) is 5.88 Å². The molecule has 0 saturated carbocycles. The molecule has 0 aliphatic heterocycles. The third-order valence-corrected chi connectivity index (χ3v) is 3.97. The molecule has 0 atom stereocenters. The van der Waals surface area contributed by atoms with Gasteiger partial charge in [0.05, 0.1) is 28.3 Å². The number of hydrogen-bond acceptors (Lipinski definition) is 5. The van der Waals surface area contributed by atoms with E-state index in [-0.39, 0.29) is 0 Å². The molecule has 126 valence electrons. The highest BCUT2D eigenvalue weighted by Gasteiger charge is 2.20. The number of nitrogens with zero attached hydrogens (tertiary/aromatic N) is 4. The van der Waals surface area contributed by atoms with Crippen LogP contribution in [-0.4, -0.2) is 45.2 Å². The quantitative estimate of drug-likeness (QED) is 0.679. The summed E-state index contributed by atoms with van der Waals surface area (Å²) in [6.07, 6.45) is 1.76. The second-order valence-corrected chi connectivity index (χ2v) is 5.67. The number of ether oxygens (including phenoxy) is 1. The molecule has 0 aromatic carbocycles. The minimum absolute atomic E-state index is 0.563. The van der Waals surface area contributed by atoms with Gasteiger partial charge < -0.3 is 10.1 Å². The lowest BCUT2D eigenvalue weighted by Gasteiger charge is -2.09. The SMILES string of the molecule is C=Cc1[nH]nc2c(C)nc(-c3c(C)nn(C)c3OCCNC)cc12. The zero-order chi connectivity index (χ0) is 17.3. The Bertz CT molecular complexity index is 892. The molecule has 0 bridgehead atoms. The van der Waals surface area contributed by atoms with E-state index in [1.165, 1.54) is 0 Å². The Labute approximate surface area is 140 Å². The van der Waals surface area contributed by atoms with Crippen molar-refractivity contribution in [1.29, 1.82) is 0 Å². The molecule has 3 rings (SSSR count). The maximum Gasteiger partial charge on any atom is 0.221 e. The minimum Gasteiger partial charge on any atom is -0.476 e. The topological polar surface area (TPSA) is 80.7 Å². The van der Waals surface area contributed by atoms with Crippen LogP contribution in [-0.2, 0) is 7.05 Å². The van der Waals surface area contributed by atoms with Crippen molar-refractivity contribution in [3.05, 3.63) is 29.7 Å². The Morgan fingerprint density at radius 3 is 2.88 bits per heavy atom. The summed E-state index contributed by atoms with van der Waals surface area (Å²) >= 11 is 0. The first-order chi connectivity index (χ1) is 11.6. The molecule has 3 heterocycles. The van der Waals surface area contributed by atoms with Crippen molar-refractivity contribution in [1.82, 2.24) is 30.3 Å². The van der Waals surface area contributed by atoms with Gasteiger partial charge in [0.15, 0.2) is 0 Å². The maximum atomic E-state index is 5.93. The smallest absolute Gasteiger partial charge is 0.221 e. The van der Waals surface area contributed by atoms with Gasteiger partial charge in [-0.15, -0.1) is 0 Å². The van der Waals surface area contributed by atoms with Gasteiger partial charge in [0.25, 0.3) is 0 Å².